The topological polar surface area (TPSA) is 29.1 Å². The molecule has 0 aliphatic rings. The van der Waals surface area contributed by atoms with E-state index in [2.05, 4.69) is 17.4 Å². The van der Waals surface area contributed by atoms with Crippen molar-refractivity contribution in [3.05, 3.63) is 83.6 Å². The van der Waals surface area contributed by atoms with Gasteiger partial charge in [-0.1, -0.05) is 60.7 Å². The summed E-state index contributed by atoms with van der Waals surface area (Å²) >= 11 is 0. The fourth-order valence-corrected chi connectivity index (χ4v) is 1.77. The lowest BCUT2D eigenvalue weighted by atomic mass is 10.1. The molecule has 1 N–H and O–H groups in total. The molecule has 2 nitrogen and oxygen atoms in total. The Morgan fingerprint density at radius 1 is 1.00 bits per heavy atom. The van der Waals surface area contributed by atoms with Gasteiger partial charge >= 0.3 is 0 Å². The minimum absolute atomic E-state index is 0.0265. The summed E-state index contributed by atoms with van der Waals surface area (Å²) in [6, 6.07) is 19.4. The molecule has 2 aromatic rings. The second kappa shape index (κ2) is 6.55. The highest BCUT2D eigenvalue weighted by atomic mass is 16.1. The van der Waals surface area contributed by atoms with Crippen molar-refractivity contribution in [1.29, 1.82) is 0 Å². The highest BCUT2D eigenvalue weighted by Crippen LogP contribution is 2.04. The maximum Gasteiger partial charge on any atom is 0.187 e. The number of allylic oxidation sites excluding steroid dienone is 2. The van der Waals surface area contributed by atoms with E-state index in [0.29, 0.717) is 5.56 Å². The van der Waals surface area contributed by atoms with Crippen LogP contribution < -0.4 is 5.32 Å². The first kappa shape index (κ1) is 13.1. The van der Waals surface area contributed by atoms with Crippen LogP contribution in [-0.2, 0) is 6.54 Å². The van der Waals surface area contributed by atoms with Crippen molar-refractivity contribution in [1.82, 2.24) is 5.32 Å². The van der Waals surface area contributed by atoms with Gasteiger partial charge in [0.05, 0.1) is 0 Å². The highest BCUT2D eigenvalue weighted by molar-refractivity contribution is 6.04. The van der Waals surface area contributed by atoms with Gasteiger partial charge in [-0.05, 0) is 12.5 Å². The van der Waals surface area contributed by atoms with Gasteiger partial charge < -0.3 is 5.32 Å². The van der Waals surface area contributed by atoms with Crippen LogP contribution in [0.4, 0.5) is 0 Å². The van der Waals surface area contributed by atoms with Crippen LogP contribution in [0.5, 0.6) is 0 Å². The van der Waals surface area contributed by atoms with Gasteiger partial charge in [-0.25, -0.2) is 0 Å². The molecule has 2 heteroatoms. The number of ketones is 1. The summed E-state index contributed by atoms with van der Waals surface area (Å²) < 4.78 is 0. The zero-order valence-electron chi connectivity index (χ0n) is 11.0. The Balaban J connectivity index is 1.94. The molecule has 0 fully saturated rings. The summed E-state index contributed by atoms with van der Waals surface area (Å²) in [6.45, 7) is 2.63. The molecular weight excluding hydrogens is 234 g/mol. The van der Waals surface area contributed by atoms with E-state index in [-0.39, 0.29) is 5.78 Å². The molecule has 0 spiro atoms. The van der Waals surface area contributed by atoms with Crippen LogP contribution in [0.15, 0.2) is 72.4 Å². The first-order chi connectivity index (χ1) is 9.25. The van der Waals surface area contributed by atoms with E-state index >= 15 is 0 Å². The first-order valence-electron chi connectivity index (χ1n) is 6.31. The van der Waals surface area contributed by atoms with Gasteiger partial charge in [-0.15, -0.1) is 0 Å². The molecular formula is C17H17NO. The SMILES string of the molecule is C/C(=C/C(=O)c1ccccc1)NCc1ccccc1. The minimum Gasteiger partial charge on any atom is -0.384 e. The van der Waals surface area contributed by atoms with E-state index in [0.717, 1.165) is 12.2 Å². The van der Waals surface area contributed by atoms with Crippen LogP contribution in [0, 0.1) is 0 Å². The fraction of sp³-hybridized carbons (Fsp3) is 0.118. The zero-order valence-corrected chi connectivity index (χ0v) is 11.0. The van der Waals surface area contributed by atoms with Crippen LogP contribution in [0.25, 0.3) is 0 Å². The summed E-state index contributed by atoms with van der Waals surface area (Å²) in [6.07, 6.45) is 1.64. The molecule has 19 heavy (non-hydrogen) atoms. The molecule has 0 bridgehead atoms. The van der Waals surface area contributed by atoms with Crippen molar-refractivity contribution in [3.63, 3.8) is 0 Å². The van der Waals surface area contributed by atoms with Crippen LogP contribution in [-0.4, -0.2) is 5.78 Å². The van der Waals surface area contributed by atoms with Gasteiger partial charge in [0.15, 0.2) is 5.78 Å². The number of carbonyl (C=O) groups excluding carboxylic acids is 1. The Labute approximate surface area is 113 Å². The number of carbonyl (C=O) groups is 1. The molecule has 2 rings (SSSR count). The maximum absolute atomic E-state index is 12.0. The molecule has 0 radical (unpaired) electrons. The van der Waals surface area contributed by atoms with Crippen LogP contribution in [0.1, 0.15) is 22.8 Å². The Morgan fingerprint density at radius 3 is 2.21 bits per heavy atom. The summed E-state index contributed by atoms with van der Waals surface area (Å²) in [7, 11) is 0. The normalized spacial score (nSPS) is 11.1. The molecule has 0 saturated heterocycles. The van der Waals surface area contributed by atoms with Gasteiger partial charge in [0.1, 0.15) is 0 Å². The lowest BCUT2D eigenvalue weighted by molar-refractivity contribution is 0.104. The molecule has 0 aliphatic heterocycles. The summed E-state index contributed by atoms with van der Waals surface area (Å²) in [5.74, 6) is 0.0265. The molecule has 0 saturated carbocycles. The summed E-state index contributed by atoms with van der Waals surface area (Å²) in [4.78, 5) is 12.0. The van der Waals surface area contributed by atoms with Crippen LogP contribution in [0.2, 0.25) is 0 Å². The average molecular weight is 251 g/mol. The average Bonchev–Trinajstić information content (AvgIpc) is 2.47. The van der Waals surface area contributed by atoms with Gasteiger partial charge in [0.2, 0.25) is 0 Å². The Bertz CT molecular complexity index is 558. The number of rotatable bonds is 5. The van der Waals surface area contributed by atoms with E-state index in [1.807, 2.05) is 55.5 Å². The van der Waals surface area contributed by atoms with Crippen molar-refractivity contribution in [2.45, 2.75) is 13.5 Å². The minimum atomic E-state index is 0.0265. The third-order valence-corrected chi connectivity index (χ3v) is 2.82. The first-order valence-corrected chi connectivity index (χ1v) is 6.31. The largest absolute Gasteiger partial charge is 0.384 e. The predicted molar refractivity (Wildman–Crippen MR) is 77.8 cm³/mol. The van der Waals surface area contributed by atoms with Crippen molar-refractivity contribution < 1.29 is 4.79 Å². The molecule has 2 aromatic carbocycles. The number of hydrogen-bond acceptors (Lipinski definition) is 2. The smallest absolute Gasteiger partial charge is 0.187 e. The van der Waals surface area contributed by atoms with Crippen molar-refractivity contribution in [3.8, 4) is 0 Å². The Hall–Kier alpha value is -2.35. The molecule has 0 unspecified atom stereocenters. The van der Waals surface area contributed by atoms with Gasteiger partial charge in [-0.2, -0.15) is 0 Å². The second-order valence-corrected chi connectivity index (χ2v) is 4.40. The Kier molecular flexibility index (Phi) is 4.51. The molecule has 0 atom stereocenters. The van der Waals surface area contributed by atoms with Crippen LogP contribution in [0.3, 0.4) is 0 Å². The van der Waals surface area contributed by atoms with Gasteiger partial charge in [0.25, 0.3) is 0 Å². The van der Waals surface area contributed by atoms with E-state index in [4.69, 9.17) is 0 Å². The number of benzene rings is 2. The third kappa shape index (κ3) is 4.11. The quantitative estimate of drug-likeness (QED) is 0.650. The predicted octanol–water partition coefficient (Wildman–Crippen LogP) is 3.56. The zero-order chi connectivity index (χ0) is 13.5. The summed E-state index contributed by atoms with van der Waals surface area (Å²) in [5, 5.41) is 3.24. The summed E-state index contributed by atoms with van der Waals surface area (Å²) in [5.41, 5.74) is 2.78. The lowest BCUT2D eigenvalue weighted by Crippen LogP contribution is -2.12. The highest BCUT2D eigenvalue weighted by Gasteiger charge is 2.01. The van der Waals surface area contributed by atoms with Crippen molar-refractivity contribution in [2.75, 3.05) is 0 Å². The molecule has 0 heterocycles. The van der Waals surface area contributed by atoms with E-state index in [1.165, 1.54) is 5.56 Å². The fourth-order valence-electron chi connectivity index (χ4n) is 1.77. The molecule has 0 amide bonds. The second-order valence-electron chi connectivity index (χ2n) is 4.40. The molecule has 0 aromatic heterocycles. The van der Waals surface area contributed by atoms with E-state index in [1.54, 1.807) is 6.08 Å². The van der Waals surface area contributed by atoms with Gasteiger partial charge in [-0.3, -0.25) is 4.79 Å². The Morgan fingerprint density at radius 2 is 1.58 bits per heavy atom. The molecule has 96 valence electrons. The number of nitrogens with one attached hydrogen (secondary N) is 1. The monoisotopic (exact) mass is 251 g/mol. The van der Waals surface area contributed by atoms with E-state index < -0.39 is 0 Å². The molecule has 0 aliphatic carbocycles. The number of hydrogen-bond donors (Lipinski definition) is 1. The maximum atomic E-state index is 12.0. The van der Waals surface area contributed by atoms with Crippen molar-refractivity contribution in [2.24, 2.45) is 0 Å². The third-order valence-electron chi connectivity index (χ3n) is 2.82. The van der Waals surface area contributed by atoms with Gasteiger partial charge in [0, 0.05) is 23.9 Å². The van der Waals surface area contributed by atoms with Crippen molar-refractivity contribution >= 4 is 5.78 Å². The lowest BCUT2D eigenvalue weighted by Gasteiger charge is -2.06. The van der Waals surface area contributed by atoms with Crippen LogP contribution >= 0.6 is 0 Å². The van der Waals surface area contributed by atoms with E-state index in [9.17, 15) is 4.79 Å². The standard InChI is InChI=1S/C17H17NO/c1-14(18-13-15-8-4-2-5-9-15)12-17(19)16-10-6-3-7-11-16/h2-12,18H,13H2,1H3/b14-12-.